The number of nitrogens with two attached hydrogens (primary N) is 1. The molecule has 1 unspecified atom stereocenters. The van der Waals surface area contributed by atoms with E-state index in [1.165, 1.54) is 6.33 Å². The topological polar surface area (TPSA) is 84.1 Å². The van der Waals surface area contributed by atoms with E-state index < -0.39 is 0 Å². The molecular weight excluding hydrogens is 250 g/mol. The molecule has 1 aliphatic rings. The van der Waals surface area contributed by atoms with Gasteiger partial charge in [-0.15, -0.1) is 11.3 Å². The monoisotopic (exact) mass is 263 g/mol. The number of aromatic nitrogens is 2. The molecule has 18 heavy (non-hydrogen) atoms. The lowest BCUT2D eigenvalue weighted by Gasteiger charge is -2.35. The highest BCUT2D eigenvalue weighted by molar-refractivity contribution is 7.16. The molecule has 94 valence electrons. The first-order valence-corrected chi connectivity index (χ1v) is 6.60. The van der Waals surface area contributed by atoms with E-state index in [0.29, 0.717) is 6.54 Å². The van der Waals surface area contributed by atoms with Gasteiger partial charge in [-0.05, 0) is 11.4 Å². The Morgan fingerprint density at radius 3 is 3.28 bits per heavy atom. The van der Waals surface area contributed by atoms with Gasteiger partial charge in [-0.1, -0.05) is 0 Å². The molecule has 0 radical (unpaired) electrons. The minimum absolute atomic E-state index is 0.329. The van der Waals surface area contributed by atoms with Crippen molar-refractivity contribution in [1.82, 2.24) is 15.3 Å². The summed E-state index contributed by atoms with van der Waals surface area (Å²) in [6.45, 7) is 2.10. The van der Waals surface area contributed by atoms with E-state index in [-0.39, 0.29) is 11.9 Å². The summed E-state index contributed by atoms with van der Waals surface area (Å²) in [7, 11) is 0. The van der Waals surface area contributed by atoms with Crippen molar-refractivity contribution in [3.05, 3.63) is 17.8 Å². The molecule has 3 heterocycles. The van der Waals surface area contributed by atoms with Crippen molar-refractivity contribution >= 4 is 33.3 Å². The maximum atomic E-state index is 11.5. The predicted molar refractivity (Wildman–Crippen MR) is 70.6 cm³/mol. The molecule has 0 bridgehead atoms. The standard InChI is InChI=1S/C11H13N5OS/c12-9(17)8-5-13-2-3-16(8)10-7-1-4-18-11(7)15-6-14-10/h1,4,6,8,13H,2-3,5H2,(H2,12,17). The molecule has 0 saturated carbocycles. The molecule has 7 heteroatoms. The van der Waals surface area contributed by atoms with Crippen LogP contribution >= 0.6 is 11.3 Å². The molecule has 3 rings (SSSR count). The average molecular weight is 263 g/mol. The van der Waals surface area contributed by atoms with Crippen molar-refractivity contribution < 1.29 is 4.79 Å². The van der Waals surface area contributed by atoms with Crippen LogP contribution in [0.5, 0.6) is 0 Å². The maximum absolute atomic E-state index is 11.5. The van der Waals surface area contributed by atoms with E-state index in [9.17, 15) is 4.79 Å². The molecule has 1 atom stereocenters. The summed E-state index contributed by atoms with van der Waals surface area (Å²) in [6, 6.07) is 1.63. The number of nitrogens with zero attached hydrogens (tertiary/aromatic N) is 3. The number of rotatable bonds is 2. The molecule has 6 nitrogen and oxygen atoms in total. The summed E-state index contributed by atoms with van der Waals surface area (Å²) in [4.78, 5) is 22.9. The number of anilines is 1. The number of fused-ring (bicyclic) bond motifs is 1. The fourth-order valence-electron chi connectivity index (χ4n) is 2.22. The van der Waals surface area contributed by atoms with Crippen molar-refractivity contribution in [3.63, 3.8) is 0 Å². The highest BCUT2D eigenvalue weighted by Gasteiger charge is 2.29. The summed E-state index contributed by atoms with van der Waals surface area (Å²) in [5, 5.41) is 6.13. The molecule has 0 aromatic carbocycles. The first-order chi connectivity index (χ1) is 8.77. The van der Waals surface area contributed by atoms with Gasteiger partial charge in [0.2, 0.25) is 5.91 Å². The number of amides is 1. The predicted octanol–water partition coefficient (Wildman–Crippen LogP) is -0.0452. The third-order valence-corrected chi connectivity index (χ3v) is 3.91. The molecule has 2 aromatic rings. The van der Waals surface area contributed by atoms with Gasteiger partial charge in [-0.25, -0.2) is 9.97 Å². The number of nitrogens with one attached hydrogen (secondary N) is 1. The van der Waals surface area contributed by atoms with Gasteiger partial charge < -0.3 is 16.0 Å². The minimum Gasteiger partial charge on any atom is -0.368 e. The van der Waals surface area contributed by atoms with Gasteiger partial charge in [0.1, 0.15) is 23.0 Å². The zero-order chi connectivity index (χ0) is 12.5. The van der Waals surface area contributed by atoms with Gasteiger partial charge >= 0.3 is 0 Å². The third kappa shape index (κ3) is 1.81. The van der Waals surface area contributed by atoms with E-state index in [2.05, 4.69) is 15.3 Å². The first-order valence-electron chi connectivity index (χ1n) is 5.72. The Kier molecular flexibility index (Phi) is 2.85. The van der Waals surface area contributed by atoms with Crippen LogP contribution in [0.1, 0.15) is 0 Å². The zero-order valence-electron chi connectivity index (χ0n) is 9.67. The van der Waals surface area contributed by atoms with E-state index >= 15 is 0 Å². The molecule has 2 aromatic heterocycles. The van der Waals surface area contributed by atoms with Crippen molar-refractivity contribution in [3.8, 4) is 0 Å². The molecule has 1 saturated heterocycles. The first kappa shape index (κ1) is 11.4. The van der Waals surface area contributed by atoms with Crippen LogP contribution in [0.2, 0.25) is 0 Å². The van der Waals surface area contributed by atoms with E-state index in [1.807, 2.05) is 16.3 Å². The van der Waals surface area contributed by atoms with E-state index in [4.69, 9.17) is 5.73 Å². The zero-order valence-corrected chi connectivity index (χ0v) is 10.5. The summed E-state index contributed by atoms with van der Waals surface area (Å²) >= 11 is 1.57. The number of hydrogen-bond acceptors (Lipinski definition) is 6. The number of carbonyl (C=O) groups is 1. The number of carbonyl (C=O) groups excluding carboxylic acids is 1. The second-order valence-electron chi connectivity index (χ2n) is 4.15. The SMILES string of the molecule is NC(=O)C1CNCCN1c1ncnc2sccc12. The molecule has 1 amide bonds. The normalized spacial score (nSPS) is 20.2. The van der Waals surface area contributed by atoms with Gasteiger partial charge in [0, 0.05) is 19.6 Å². The van der Waals surface area contributed by atoms with Crippen LogP contribution in [0.4, 0.5) is 5.82 Å². The van der Waals surface area contributed by atoms with Crippen LogP contribution in [-0.4, -0.2) is 41.6 Å². The quantitative estimate of drug-likeness (QED) is 0.794. The Morgan fingerprint density at radius 2 is 2.44 bits per heavy atom. The summed E-state index contributed by atoms with van der Waals surface area (Å²) in [5.41, 5.74) is 5.45. The summed E-state index contributed by atoms with van der Waals surface area (Å²) < 4.78 is 0. The van der Waals surface area contributed by atoms with Crippen LogP contribution in [0.25, 0.3) is 10.2 Å². The largest absolute Gasteiger partial charge is 0.368 e. The highest BCUT2D eigenvalue weighted by Crippen LogP contribution is 2.28. The van der Waals surface area contributed by atoms with Crippen LogP contribution in [-0.2, 0) is 4.79 Å². The molecule has 0 spiro atoms. The lowest BCUT2D eigenvalue weighted by Crippen LogP contribution is -2.57. The van der Waals surface area contributed by atoms with Gasteiger partial charge in [0.15, 0.2) is 0 Å². The van der Waals surface area contributed by atoms with Crippen LogP contribution in [0, 0.1) is 0 Å². The summed E-state index contributed by atoms with van der Waals surface area (Å²) in [6.07, 6.45) is 1.54. The highest BCUT2D eigenvalue weighted by atomic mass is 32.1. The molecular formula is C11H13N5OS. The molecule has 1 fully saturated rings. The Balaban J connectivity index is 2.06. The van der Waals surface area contributed by atoms with Gasteiger partial charge in [0.25, 0.3) is 0 Å². The molecule has 3 N–H and O–H groups in total. The average Bonchev–Trinajstić information content (AvgIpc) is 2.86. The second-order valence-corrected chi connectivity index (χ2v) is 5.05. The van der Waals surface area contributed by atoms with Gasteiger partial charge in [0.05, 0.1) is 5.39 Å². The Labute approximate surface area is 108 Å². The Hall–Kier alpha value is -1.73. The van der Waals surface area contributed by atoms with E-state index in [0.717, 1.165) is 29.1 Å². The second kappa shape index (κ2) is 4.51. The number of primary amides is 1. The van der Waals surface area contributed by atoms with Gasteiger partial charge in [-0.2, -0.15) is 0 Å². The van der Waals surface area contributed by atoms with Crippen LogP contribution in [0.3, 0.4) is 0 Å². The number of thiophene rings is 1. The van der Waals surface area contributed by atoms with Crippen LogP contribution < -0.4 is 16.0 Å². The third-order valence-electron chi connectivity index (χ3n) is 3.08. The van der Waals surface area contributed by atoms with Crippen molar-refractivity contribution in [2.45, 2.75) is 6.04 Å². The lowest BCUT2D eigenvalue weighted by molar-refractivity contribution is -0.119. The fraction of sp³-hybridized carbons (Fsp3) is 0.364. The smallest absolute Gasteiger partial charge is 0.241 e. The Bertz CT molecular complexity index is 584. The fourth-order valence-corrected chi connectivity index (χ4v) is 2.95. The van der Waals surface area contributed by atoms with Crippen molar-refractivity contribution in [2.24, 2.45) is 5.73 Å². The molecule has 0 aliphatic carbocycles. The van der Waals surface area contributed by atoms with Crippen molar-refractivity contribution in [2.75, 3.05) is 24.5 Å². The maximum Gasteiger partial charge on any atom is 0.241 e. The lowest BCUT2D eigenvalue weighted by atomic mass is 10.1. The van der Waals surface area contributed by atoms with Crippen LogP contribution in [0.15, 0.2) is 17.8 Å². The minimum atomic E-state index is -0.350. The molecule has 1 aliphatic heterocycles. The van der Waals surface area contributed by atoms with Gasteiger partial charge in [-0.3, -0.25) is 4.79 Å². The summed E-state index contributed by atoms with van der Waals surface area (Å²) in [5.74, 6) is 0.468. The number of hydrogen-bond donors (Lipinski definition) is 2. The van der Waals surface area contributed by atoms with Crippen molar-refractivity contribution in [1.29, 1.82) is 0 Å². The van der Waals surface area contributed by atoms with E-state index in [1.54, 1.807) is 11.3 Å². The number of piperazine rings is 1. The Morgan fingerprint density at radius 1 is 1.56 bits per heavy atom.